The lowest BCUT2D eigenvalue weighted by molar-refractivity contribution is -0.122. The van der Waals surface area contributed by atoms with E-state index in [4.69, 9.17) is 4.74 Å². The Morgan fingerprint density at radius 2 is 1.80 bits per heavy atom. The van der Waals surface area contributed by atoms with Gasteiger partial charge in [0.1, 0.15) is 5.69 Å². The fourth-order valence-corrected chi connectivity index (χ4v) is 5.89. The summed E-state index contributed by atoms with van der Waals surface area (Å²) in [6, 6.07) is 26.2. The van der Waals surface area contributed by atoms with Crippen LogP contribution in [0.2, 0.25) is 0 Å². The largest absolute Gasteiger partial charge is 0.465 e. The van der Waals surface area contributed by atoms with Crippen molar-refractivity contribution in [3.63, 3.8) is 0 Å². The number of Topliss-reactive ketones (excluding diaryl/α,β-unsaturated/α-hetero) is 1. The highest BCUT2D eigenvalue weighted by Gasteiger charge is 2.43. The summed E-state index contributed by atoms with van der Waals surface area (Å²) >= 11 is 0. The molecule has 1 saturated carbocycles. The van der Waals surface area contributed by atoms with Crippen molar-refractivity contribution in [3.8, 4) is 11.1 Å². The molecule has 3 atom stereocenters. The number of rotatable bonds is 8. The van der Waals surface area contributed by atoms with Crippen molar-refractivity contribution in [2.75, 3.05) is 13.7 Å². The van der Waals surface area contributed by atoms with Crippen molar-refractivity contribution in [2.24, 2.45) is 5.92 Å². The zero-order chi connectivity index (χ0) is 28.3. The van der Waals surface area contributed by atoms with E-state index >= 15 is 0 Å². The number of carbonyl (C=O) groups is 3. The predicted molar refractivity (Wildman–Crippen MR) is 155 cm³/mol. The van der Waals surface area contributed by atoms with Crippen LogP contribution in [-0.2, 0) is 22.5 Å². The van der Waals surface area contributed by atoms with Crippen LogP contribution in [0.3, 0.4) is 0 Å². The van der Waals surface area contributed by atoms with Crippen LogP contribution in [0, 0.1) is 5.92 Å². The molecule has 1 aromatic heterocycles. The Morgan fingerprint density at radius 3 is 2.59 bits per heavy atom. The Morgan fingerprint density at radius 1 is 0.976 bits per heavy atom. The number of carbonyl (C=O) groups excluding carboxylic acids is 3. The molecule has 1 aliphatic carbocycles. The van der Waals surface area contributed by atoms with E-state index in [9.17, 15) is 14.4 Å². The number of amides is 1. The van der Waals surface area contributed by atoms with E-state index in [1.807, 2.05) is 48.5 Å². The lowest BCUT2D eigenvalue weighted by Gasteiger charge is -2.30. The van der Waals surface area contributed by atoms with Gasteiger partial charge in [-0.1, -0.05) is 60.7 Å². The average Bonchev–Trinajstić information content (AvgIpc) is 3.85. The van der Waals surface area contributed by atoms with Crippen molar-refractivity contribution in [2.45, 2.75) is 31.3 Å². The normalized spacial score (nSPS) is 19.1. The average molecular weight is 546 g/mol. The molecule has 6 rings (SSSR count). The van der Waals surface area contributed by atoms with Gasteiger partial charge >= 0.3 is 5.97 Å². The Kier molecular flexibility index (Phi) is 7.44. The third kappa shape index (κ3) is 5.41. The topological polar surface area (TPSA) is 97.4 Å². The zero-order valence-electron chi connectivity index (χ0n) is 22.8. The lowest BCUT2D eigenvalue weighted by atomic mass is 9.82. The molecule has 1 amide bonds. The van der Waals surface area contributed by atoms with Crippen LogP contribution in [0.1, 0.15) is 61.5 Å². The summed E-state index contributed by atoms with van der Waals surface area (Å²) in [5.41, 5.74) is 6.64. The molecule has 0 radical (unpaired) electrons. The summed E-state index contributed by atoms with van der Waals surface area (Å²) < 4.78 is 4.93. The SMILES string of the molecule is COC(=O)c1cccc(-c2ccc(CNC(=O)[C@H]3C[C@@H]3c3ccccc3)c3c2CCNC3C(=O)c2ccccn2)c1. The first kappa shape index (κ1) is 26.6. The summed E-state index contributed by atoms with van der Waals surface area (Å²) in [5.74, 6) is -0.295. The maximum absolute atomic E-state index is 13.7. The van der Waals surface area contributed by atoms with Gasteiger partial charge < -0.3 is 15.4 Å². The molecular formula is C34H31N3O4. The summed E-state index contributed by atoms with van der Waals surface area (Å²) in [7, 11) is 1.36. The predicted octanol–water partition coefficient (Wildman–Crippen LogP) is 5.02. The molecule has 0 bridgehead atoms. The van der Waals surface area contributed by atoms with Crippen molar-refractivity contribution in [3.05, 3.63) is 125 Å². The number of pyridine rings is 1. The van der Waals surface area contributed by atoms with Gasteiger partial charge in [-0.3, -0.25) is 14.6 Å². The first-order valence-electron chi connectivity index (χ1n) is 13.9. The Hall–Kier alpha value is -4.62. The van der Waals surface area contributed by atoms with Crippen molar-refractivity contribution in [1.82, 2.24) is 15.6 Å². The molecule has 2 heterocycles. The number of hydrogen-bond acceptors (Lipinski definition) is 6. The number of benzene rings is 3. The third-order valence-electron chi connectivity index (χ3n) is 8.04. The Balaban J connectivity index is 1.34. The quantitative estimate of drug-likeness (QED) is 0.238. The minimum absolute atomic E-state index is 0.0267. The molecule has 7 heteroatoms. The van der Waals surface area contributed by atoms with E-state index in [2.05, 4.69) is 27.8 Å². The molecule has 2 aliphatic rings. The first-order valence-corrected chi connectivity index (χ1v) is 13.9. The number of hydrogen-bond donors (Lipinski definition) is 2. The number of fused-ring (bicyclic) bond motifs is 1. The van der Waals surface area contributed by atoms with E-state index in [1.54, 1.807) is 30.5 Å². The second-order valence-electron chi connectivity index (χ2n) is 10.5. The number of methoxy groups -OCH3 is 1. The minimum Gasteiger partial charge on any atom is -0.465 e. The van der Waals surface area contributed by atoms with Gasteiger partial charge in [-0.05, 0) is 76.4 Å². The van der Waals surface area contributed by atoms with Crippen LogP contribution in [0.15, 0.2) is 91.1 Å². The number of nitrogens with zero attached hydrogens (tertiary/aromatic N) is 1. The van der Waals surface area contributed by atoms with Crippen LogP contribution in [0.25, 0.3) is 11.1 Å². The minimum atomic E-state index is -0.609. The Bertz CT molecular complexity index is 1600. The van der Waals surface area contributed by atoms with Gasteiger partial charge in [0.25, 0.3) is 0 Å². The van der Waals surface area contributed by atoms with Crippen molar-refractivity contribution in [1.29, 1.82) is 0 Å². The van der Waals surface area contributed by atoms with Gasteiger partial charge in [0, 0.05) is 25.2 Å². The molecule has 2 N–H and O–H groups in total. The molecule has 0 saturated heterocycles. The van der Waals surface area contributed by atoms with E-state index in [1.165, 1.54) is 12.7 Å². The second-order valence-corrected chi connectivity index (χ2v) is 10.5. The molecular weight excluding hydrogens is 514 g/mol. The number of ketones is 1. The molecule has 4 aromatic rings. The highest BCUT2D eigenvalue weighted by atomic mass is 16.5. The summed E-state index contributed by atoms with van der Waals surface area (Å²) in [4.78, 5) is 43.4. The van der Waals surface area contributed by atoms with Crippen LogP contribution in [0.4, 0.5) is 0 Å². The highest BCUT2D eigenvalue weighted by Crippen LogP contribution is 2.47. The summed E-state index contributed by atoms with van der Waals surface area (Å²) in [6.07, 6.45) is 3.15. The molecule has 7 nitrogen and oxygen atoms in total. The molecule has 1 unspecified atom stereocenters. The van der Waals surface area contributed by atoms with Crippen molar-refractivity contribution >= 4 is 17.7 Å². The smallest absolute Gasteiger partial charge is 0.337 e. The summed E-state index contributed by atoms with van der Waals surface area (Å²) in [5, 5.41) is 6.55. The Labute approximate surface area is 239 Å². The number of ether oxygens (including phenoxy) is 1. The van der Waals surface area contributed by atoms with E-state index < -0.39 is 12.0 Å². The number of aromatic nitrogens is 1. The monoisotopic (exact) mass is 545 g/mol. The van der Waals surface area contributed by atoms with Crippen LogP contribution >= 0.6 is 0 Å². The van der Waals surface area contributed by atoms with Crippen LogP contribution < -0.4 is 10.6 Å². The standard InChI is InChI=1S/C34H31N3O4/c1-41-34(40)23-11-7-10-22(18-23)25-14-13-24(20-37-33(39)28-19-27(28)21-8-3-2-4-9-21)30-26(25)15-17-36-31(30)32(38)29-12-5-6-16-35-29/h2-14,16,18,27-28,31,36H,15,17,19-20H2,1H3,(H,37,39)/t27-,28+,31?/m1/s1. The molecule has 41 heavy (non-hydrogen) atoms. The van der Waals surface area contributed by atoms with Gasteiger partial charge in [-0.15, -0.1) is 0 Å². The molecule has 3 aromatic carbocycles. The van der Waals surface area contributed by atoms with Crippen LogP contribution in [0.5, 0.6) is 0 Å². The molecule has 1 aliphatic heterocycles. The maximum Gasteiger partial charge on any atom is 0.337 e. The zero-order valence-corrected chi connectivity index (χ0v) is 22.8. The fraction of sp³-hybridized carbons (Fsp3) is 0.235. The lowest BCUT2D eigenvalue weighted by Crippen LogP contribution is -2.37. The molecule has 0 spiro atoms. The second kappa shape index (κ2) is 11.5. The maximum atomic E-state index is 13.7. The number of esters is 1. The van der Waals surface area contributed by atoms with Gasteiger partial charge in [0.05, 0.1) is 18.7 Å². The van der Waals surface area contributed by atoms with Crippen LogP contribution in [-0.4, -0.2) is 36.3 Å². The summed E-state index contributed by atoms with van der Waals surface area (Å²) in [6.45, 7) is 0.923. The van der Waals surface area contributed by atoms with Crippen molar-refractivity contribution < 1.29 is 19.1 Å². The van der Waals surface area contributed by atoms with E-state index in [-0.39, 0.29) is 23.5 Å². The van der Waals surface area contributed by atoms with Gasteiger partial charge in [0.2, 0.25) is 11.7 Å². The fourth-order valence-electron chi connectivity index (χ4n) is 5.89. The van der Waals surface area contributed by atoms with Gasteiger partial charge in [0.15, 0.2) is 0 Å². The van der Waals surface area contributed by atoms with Gasteiger partial charge in [-0.25, -0.2) is 4.79 Å². The first-order chi connectivity index (χ1) is 20.0. The third-order valence-corrected chi connectivity index (χ3v) is 8.04. The van der Waals surface area contributed by atoms with E-state index in [0.29, 0.717) is 30.8 Å². The van der Waals surface area contributed by atoms with E-state index in [0.717, 1.165) is 34.2 Å². The molecule has 1 fully saturated rings. The highest BCUT2D eigenvalue weighted by molar-refractivity contribution is 6.00. The van der Waals surface area contributed by atoms with Gasteiger partial charge in [-0.2, -0.15) is 0 Å². The number of nitrogens with one attached hydrogen (secondary N) is 2. The molecule has 206 valence electrons.